The average molecular weight is 199 g/mol. The lowest BCUT2D eigenvalue weighted by atomic mass is 10.0. The van der Waals surface area contributed by atoms with Gasteiger partial charge >= 0.3 is 5.97 Å². The fourth-order valence-electron chi connectivity index (χ4n) is 1.18. The van der Waals surface area contributed by atoms with Crippen LogP contribution in [-0.4, -0.2) is 17.6 Å². The second kappa shape index (κ2) is 4.39. The summed E-state index contributed by atoms with van der Waals surface area (Å²) >= 11 is 1.62. The second-order valence-electron chi connectivity index (χ2n) is 2.98. The van der Waals surface area contributed by atoms with Crippen LogP contribution in [0, 0.1) is 6.92 Å². The highest BCUT2D eigenvalue weighted by Gasteiger charge is 2.15. The minimum atomic E-state index is -0.790. The fraction of sp³-hybridized carbons (Fsp3) is 0.444. The van der Waals surface area contributed by atoms with Crippen molar-refractivity contribution in [3.63, 3.8) is 0 Å². The van der Waals surface area contributed by atoms with E-state index in [9.17, 15) is 4.79 Å². The Hall–Kier alpha value is -0.870. The van der Waals surface area contributed by atoms with E-state index < -0.39 is 5.97 Å². The lowest BCUT2D eigenvalue weighted by molar-refractivity contribution is -0.137. The number of rotatable bonds is 4. The third-order valence-corrected chi connectivity index (χ3v) is 3.03. The first kappa shape index (κ1) is 10.2. The van der Waals surface area contributed by atoms with Crippen molar-refractivity contribution < 1.29 is 9.90 Å². The summed E-state index contributed by atoms with van der Waals surface area (Å²) < 4.78 is 0. The number of carboxylic acid groups (broad SMARTS) is 1. The molecule has 0 aliphatic rings. The van der Waals surface area contributed by atoms with Gasteiger partial charge in [0.05, 0.1) is 6.42 Å². The number of thiophene rings is 1. The Labute approximate surface area is 81.2 Å². The van der Waals surface area contributed by atoms with E-state index in [1.54, 1.807) is 11.3 Å². The van der Waals surface area contributed by atoms with Crippen LogP contribution in [0.5, 0.6) is 0 Å². The van der Waals surface area contributed by atoms with Crippen LogP contribution in [0.15, 0.2) is 12.1 Å². The molecule has 0 amide bonds. The molecule has 72 valence electrons. The van der Waals surface area contributed by atoms with E-state index >= 15 is 0 Å². The minimum Gasteiger partial charge on any atom is -0.481 e. The summed E-state index contributed by atoms with van der Waals surface area (Å²) in [6.07, 6.45) is 0.121. The number of carbonyl (C=O) groups is 1. The van der Waals surface area contributed by atoms with Crippen LogP contribution in [-0.2, 0) is 4.79 Å². The van der Waals surface area contributed by atoms with Crippen LogP contribution in [0.4, 0.5) is 0 Å². The van der Waals surface area contributed by atoms with Gasteiger partial charge in [-0.15, -0.1) is 11.3 Å². The third-order valence-electron chi connectivity index (χ3n) is 1.87. The molecule has 4 heteroatoms. The van der Waals surface area contributed by atoms with Gasteiger partial charge in [0.15, 0.2) is 0 Å². The average Bonchev–Trinajstić information content (AvgIpc) is 2.47. The molecule has 3 N–H and O–H groups in total. The van der Waals surface area contributed by atoms with E-state index in [0.29, 0.717) is 6.54 Å². The molecule has 0 spiro atoms. The van der Waals surface area contributed by atoms with Crippen LogP contribution in [0.1, 0.15) is 22.1 Å². The van der Waals surface area contributed by atoms with Crippen LogP contribution >= 0.6 is 11.3 Å². The number of nitrogens with two attached hydrogens (primary N) is 1. The maximum Gasteiger partial charge on any atom is 0.304 e. The Morgan fingerprint density at radius 1 is 1.69 bits per heavy atom. The van der Waals surface area contributed by atoms with E-state index in [2.05, 4.69) is 0 Å². The molecule has 1 aromatic heterocycles. The number of aliphatic carboxylic acids is 1. The summed E-state index contributed by atoms with van der Waals surface area (Å²) in [5.74, 6) is -0.822. The Morgan fingerprint density at radius 2 is 2.38 bits per heavy atom. The standard InChI is InChI=1S/C9H13NO2S/c1-6-2-3-8(13-6)7(5-10)4-9(11)12/h2-3,7H,4-5,10H2,1H3,(H,11,12). The lowest BCUT2D eigenvalue weighted by Gasteiger charge is -2.08. The van der Waals surface area contributed by atoms with Crippen LogP contribution in [0.3, 0.4) is 0 Å². The van der Waals surface area contributed by atoms with Gasteiger partial charge in [0.2, 0.25) is 0 Å². The van der Waals surface area contributed by atoms with Crippen molar-refractivity contribution in [3.8, 4) is 0 Å². The first-order valence-corrected chi connectivity index (χ1v) is 4.93. The van der Waals surface area contributed by atoms with E-state index in [1.165, 1.54) is 4.88 Å². The highest BCUT2D eigenvalue weighted by atomic mass is 32.1. The van der Waals surface area contributed by atoms with E-state index in [1.807, 2.05) is 19.1 Å². The van der Waals surface area contributed by atoms with Crippen LogP contribution < -0.4 is 5.73 Å². The second-order valence-corrected chi connectivity index (χ2v) is 4.30. The summed E-state index contributed by atoms with van der Waals surface area (Å²) in [5, 5.41) is 8.63. The fourth-order valence-corrected chi connectivity index (χ4v) is 2.17. The number of hydrogen-bond acceptors (Lipinski definition) is 3. The summed E-state index contributed by atoms with van der Waals surface area (Å²) in [7, 11) is 0. The third kappa shape index (κ3) is 2.82. The number of aryl methyl sites for hydroxylation is 1. The molecule has 0 aliphatic carbocycles. The molecule has 0 radical (unpaired) electrons. The largest absolute Gasteiger partial charge is 0.481 e. The van der Waals surface area contributed by atoms with Gasteiger partial charge in [0.1, 0.15) is 0 Å². The monoisotopic (exact) mass is 199 g/mol. The Morgan fingerprint density at radius 3 is 2.77 bits per heavy atom. The molecular formula is C9H13NO2S. The smallest absolute Gasteiger partial charge is 0.304 e. The highest BCUT2D eigenvalue weighted by molar-refractivity contribution is 7.12. The van der Waals surface area contributed by atoms with Crippen molar-refractivity contribution in [3.05, 3.63) is 21.9 Å². The molecule has 13 heavy (non-hydrogen) atoms. The first-order chi connectivity index (χ1) is 6.13. The number of carboxylic acids is 1. The normalized spacial score (nSPS) is 12.8. The molecule has 3 nitrogen and oxygen atoms in total. The lowest BCUT2D eigenvalue weighted by Crippen LogP contribution is -2.15. The molecule has 1 heterocycles. The van der Waals surface area contributed by atoms with Gasteiger partial charge < -0.3 is 10.8 Å². The molecule has 0 bridgehead atoms. The Kier molecular flexibility index (Phi) is 3.45. The first-order valence-electron chi connectivity index (χ1n) is 4.11. The Balaban J connectivity index is 2.72. The zero-order valence-electron chi connectivity index (χ0n) is 7.49. The summed E-state index contributed by atoms with van der Waals surface area (Å²) in [5.41, 5.74) is 5.51. The SMILES string of the molecule is Cc1ccc(C(CN)CC(=O)O)s1. The minimum absolute atomic E-state index is 0.0313. The Bertz CT molecular complexity index is 296. The molecule has 1 aromatic rings. The molecule has 0 saturated carbocycles. The van der Waals surface area contributed by atoms with Crippen molar-refractivity contribution in [2.45, 2.75) is 19.3 Å². The van der Waals surface area contributed by atoms with Gasteiger partial charge in [-0.2, -0.15) is 0 Å². The van der Waals surface area contributed by atoms with E-state index in [0.717, 1.165) is 4.88 Å². The predicted molar refractivity (Wildman–Crippen MR) is 53.1 cm³/mol. The van der Waals surface area contributed by atoms with Gasteiger partial charge in [0, 0.05) is 22.2 Å². The van der Waals surface area contributed by atoms with Crippen molar-refractivity contribution in [1.29, 1.82) is 0 Å². The zero-order valence-corrected chi connectivity index (χ0v) is 8.30. The molecule has 0 aliphatic heterocycles. The zero-order chi connectivity index (χ0) is 9.84. The van der Waals surface area contributed by atoms with E-state index in [4.69, 9.17) is 10.8 Å². The van der Waals surface area contributed by atoms with Gasteiger partial charge in [-0.3, -0.25) is 4.79 Å². The van der Waals surface area contributed by atoms with Gasteiger partial charge in [-0.05, 0) is 19.1 Å². The van der Waals surface area contributed by atoms with Crippen LogP contribution in [0.2, 0.25) is 0 Å². The van der Waals surface area contributed by atoms with Crippen LogP contribution in [0.25, 0.3) is 0 Å². The van der Waals surface area contributed by atoms with Gasteiger partial charge in [-0.25, -0.2) is 0 Å². The summed E-state index contributed by atoms with van der Waals surface area (Å²) in [6, 6.07) is 3.95. The van der Waals surface area contributed by atoms with Gasteiger partial charge in [0.25, 0.3) is 0 Å². The molecule has 0 aromatic carbocycles. The molecular weight excluding hydrogens is 186 g/mol. The predicted octanol–water partition coefficient (Wildman–Crippen LogP) is 1.57. The molecule has 1 rings (SSSR count). The summed E-state index contributed by atoms with van der Waals surface area (Å²) in [4.78, 5) is 12.8. The molecule has 1 atom stereocenters. The summed E-state index contributed by atoms with van der Waals surface area (Å²) in [6.45, 7) is 2.40. The van der Waals surface area contributed by atoms with Crippen molar-refractivity contribution in [2.75, 3.05) is 6.54 Å². The maximum atomic E-state index is 10.5. The van der Waals surface area contributed by atoms with Crippen molar-refractivity contribution in [2.24, 2.45) is 5.73 Å². The van der Waals surface area contributed by atoms with E-state index in [-0.39, 0.29) is 12.3 Å². The quantitative estimate of drug-likeness (QED) is 0.773. The highest BCUT2D eigenvalue weighted by Crippen LogP contribution is 2.26. The van der Waals surface area contributed by atoms with Crippen molar-refractivity contribution >= 4 is 17.3 Å². The maximum absolute atomic E-state index is 10.5. The molecule has 0 fully saturated rings. The number of hydrogen-bond donors (Lipinski definition) is 2. The van der Waals surface area contributed by atoms with Crippen molar-refractivity contribution in [1.82, 2.24) is 0 Å². The topological polar surface area (TPSA) is 63.3 Å². The van der Waals surface area contributed by atoms with Gasteiger partial charge in [-0.1, -0.05) is 0 Å². The molecule has 1 unspecified atom stereocenters. The molecule has 0 saturated heterocycles.